The molecule has 2 aromatic carbocycles. The molecule has 0 aromatic heterocycles. The van der Waals surface area contributed by atoms with Gasteiger partial charge >= 0.3 is 11.9 Å². The summed E-state index contributed by atoms with van der Waals surface area (Å²) in [5.41, 5.74) is 1.50. The largest absolute Gasteiger partial charge is 0.478 e. The van der Waals surface area contributed by atoms with E-state index in [1.165, 1.54) is 12.1 Å². The SMILES string of the molecule is Cc1ccccc1/C=C1\SC(=S)N(c2cc(C(=O)O)cc(C(=O)O)c2)C1=O. The predicted molar refractivity (Wildman–Crippen MR) is 107 cm³/mol. The number of aryl methyl sites for hydroxylation is 1. The highest BCUT2D eigenvalue weighted by molar-refractivity contribution is 8.27. The summed E-state index contributed by atoms with van der Waals surface area (Å²) in [4.78, 5) is 37.0. The Bertz CT molecular complexity index is 996. The lowest BCUT2D eigenvalue weighted by Gasteiger charge is -2.16. The molecule has 1 aliphatic rings. The minimum atomic E-state index is -1.29. The number of hydrogen-bond donors (Lipinski definition) is 2. The van der Waals surface area contributed by atoms with E-state index in [1.54, 1.807) is 6.08 Å². The normalized spacial score (nSPS) is 15.4. The Morgan fingerprint density at radius 2 is 1.67 bits per heavy atom. The van der Waals surface area contributed by atoms with Crippen molar-refractivity contribution in [1.82, 2.24) is 0 Å². The molecule has 0 saturated carbocycles. The van der Waals surface area contributed by atoms with Gasteiger partial charge in [0.15, 0.2) is 4.32 Å². The van der Waals surface area contributed by atoms with E-state index in [0.717, 1.165) is 33.9 Å². The van der Waals surface area contributed by atoms with Crippen molar-refractivity contribution < 1.29 is 24.6 Å². The zero-order chi connectivity index (χ0) is 19.7. The lowest BCUT2D eigenvalue weighted by molar-refractivity contribution is -0.113. The summed E-state index contributed by atoms with van der Waals surface area (Å²) >= 11 is 6.36. The van der Waals surface area contributed by atoms with Crippen molar-refractivity contribution in [2.24, 2.45) is 0 Å². The second kappa shape index (κ2) is 7.34. The van der Waals surface area contributed by atoms with Crippen LogP contribution in [0.2, 0.25) is 0 Å². The third-order valence-electron chi connectivity index (χ3n) is 3.94. The standard InChI is InChI=1S/C19H13NO5S2/c1-10-4-2-3-5-11(10)9-15-16(21)20(19(26)27-15)14-7-12(17(22)23)6-13(8-14)18(24)25/h2-9H,1H3,(H,22,23)(H,24,25)/b15-9-. The number of carbonyl (C=O) groups excluding carboxylic acids is 1. The number of amides is 1. The van der Waals surface area contributed by atoms with Crippen LogP contribution in [0.5, 0.6) is 0 Å². The molecular weight excluding hydrogens is 386 g/mol. The lowest BCUT2D eigenvalue weighted by Crippen LogP contribution is -2.28. The van der Waals surface area contributed by atoms with E-state index in [9.17, 15) is 24.6 Å². The van der Waals surface area contributed by atoms with Crippen molar-refractivity contribution in [3.63, 3.8) is 0 Å². The monoisotopic (exact) mass is 399 g/mol. The molecule has 1 heterocycles. The van der Waals surface area contributed by atoms with Crippen LogP contribution in [0.4, 0.5) is 5.69 Å². The van der Waals surface area contributed by atoms with E-state index in [0.29, 0.717) is 4.91 Å². The molecule has 2 aromatic rings. The Labute approximate surface area is 164 Å². The maximum absolute atomic E-state index is 12.8. The summed E-state index contributed by atoms with van der Waals surface area (Å²) in [5, 5.41) is 18.4. The number of nitrogens with zero attached hydrogens (tertiary/aromatic N) is 1. The fourth-order valence-electron chi connectivity index (χ4n) is 2.57. The number of aromatic carboxylic acids is 2. The van der Waals surface area contributed by atoms with Gasteiger partial charge in [-0.05, 0) is 42.3 Å². The Morgan fingerprint density at radius 3 is 2.22 bits per heavy atom. The van der Waals surface area contributed by atoms with Gasteiger partial charge in [-0.1, -0.05) is 48.2 Å². The van der Waals surface area contributed by atoms with Crippen molar-refractivity contribution >= 4 is 57.9 Å². The van der Waals surface area contributed by atoms with Gasteiger partial charge in [0.1, 0.15) is 0 Å². The van der Waals surface area contributed by atoms with Gasteiger partial charge in [0.2, 0.25) is 0 Å². The third kappa shape index (κ3) is 3.76. The fourth-order valence-corrected chi connectivity index (χ4v) is 3.86. The number of benzene rings is 2. The summed E-state index contributed by atoms with van der Waals surface area (Å²) in [6.45, 7) is 1.92. The molecule has 8 heteroatoms. The fraction of sp³-hybridized carbons (Fsp3) is 0.0526. The summed E-state index contributed by atoms with van der Waals surface area (Å²) in [6.07, 6.45) is 1.72. The molecule has 1 fully saturated rings. The van der Waals surface area contributed by atoms with Crippen LogP contribution in [0.1, 0.15) is 31.8 Å². The van der Waals surface area contributed by atoms with Gasteiger partial charge in [-0.15, -0.1) is 0 Å². The minimum Gasteiger partial charge on any atom is -0.478 e. The second-order valence-electron chi connectivity index (χ2n) is 5.75. The van der Waals surface area contributed by atoms with Crippen LogP contribution in [0.15, 0.2) is 47.4 Å². The Kier molecular flexibility index (Phi) is 5.11. The van der Waals surface area contributed by atoms with E-state index >= 15 is 0 Å². The van der Waals surface area contributed by atoms with Gasteiger partial charge in [0.05, 0.1) is 21.7 Å². The summed E-state index contributed by atoms with van der Waals surface area (Å²) in [6, 6.07) is 11.0. The average molecular weight is 399 g/mol. The van der Waals surface area contributed by atoms with Gasteiger partial charge in [-0.25, -0.2) is 9.59 Å². The number of carboxylic acids is 2. The quantitative estimate of drug-likeness (QED) is 0.596. The zero-order valence-electron chi connectivity index (χ0n) is 14.0. The van der Waals surface area contributed by atoms with E-state index in [4.69, 9.17) is 12.2 Å². The highest BCUT2D eigenvalue weighted by Crippen LogP contribution is 2.37. The highest BCUT2D eigenvalue weighted by atomic mass is 32.2. The van der Waals surface area contributed by atoms with E-state index in [2.05, 4.69) is 0 Å². The Hall–Kier alpha value is -2.97. The van der Waals surface area contributed by atoms with Gasteiger partial charge in [-0.3, -0.25) is 9.69 Å². The van der Waals surface area contributed by atoms with Crippen LogP contribution in [0.25, 0.3) is 6.08 Å². The van der Waals surface area contributed by atoms with Crippen LogP contribution in [0.3, 0.4) is 0 Å². The van der Waals surface area contributed by atoms with Crippen LogP contribution in [-0.4, -0.2) is 32.4 Å². The van der Waals surface area contributed by atoms with Crippen LogP contribution < -0.4 is 4.90 Å². The lowest BCUT2D eigenvalue weighted by atomic mass is 10.1. The molecule has 0 spiro atoms. The molecule has 0 radical (unpaired) electrons. The maximum Gasteiger partial charge on any atom is 0.335 e. The maximum atomic E-state index is 12.8. The molecule has 0 atom stereocenters. The van der Waals surface area contributed by atoms with Gasteiger partial charge in [-0.2, -0.15) is 0 Å². The number of hydrogen-bond acceptors (Lipinski definition) is 5. The molecule has 0 aliphatic carbocycles. The Morgan fingerprint density at radius 1 is 1.07 bits per heavy atom. The molecule has 1 aliphatic heterocycles. The molecule has 27 heavy (non-hydrogen) atoms. The van der Waals surface area contributed by atoms with Gasteiger partial charge in [0.25, 0.3) is 5.91 Å². The van der Waals surface area contributed by atoms with Crippen LogP contribution >= 0.6 is 24.0 Å². The summed E-state index contributed by atoms with van der Waals surface area (Å²) in [5.74, 6) is -3.01. The zero-order valence-corrected chi connectivity index (χ0v) is 15.6. The molecule has 2 N–H and O–H groups in total. The molecule has 0 unspecified atom stereocenters. The second-order valence-corrected chi connectivity index (χ2v) is 7.43. The van der Waals surface area contributed by atoms with E-state index in [1.807, 2.05) is 31.2 Å². The van der Waals surface area contributed by atoms with Crippen molar-refractivity contribution in [2.75, 3.05) is 4.90 Å². The minimum absolute atomic E-state index is 0.114. The first-order chi connectivity index (χ1) is 12.8. The molecule has 0 bridgehead atoms. The first-order valence-electron chi connectivity index (χ1n) is 7.73. The molecule has 1 saturated heterocycles. The number of anilines is 1. The third-order valence-corrected chi connectivity index (χ3v) is 5.24. The predicted octanol–water partition coefficient (Wildman–Crippen LogP) is 3.80. The van der Waals surface area contributed by atoms with Crippen LogP contribution in [0, 0.1) is 6.92 Å². The summed E-state index contributed by atoms with van der Waals surface area (Å²) < 4.78 is 0.207. The first-order valence-corrected chi connectivity index (χ1v) is 8.95. The topological polar surface area (TPSA) is 94.9 Å². The first kappa shape index (κ1) is 18.8. The van der Waals surface area contributed by atoms with Crippen molar-refractivity contribution in [3.05, 3.63) is 69.6 Å². The van der Waals surface area contributed by atoms with Crippen molar-refractivity contribution in [1.29, 1.82) is 0 Å². The van der Waals surface area contributed by atoms with Gasteiger partial charge < -0.3 is 10.2 Å². The van der Waals surface area contributed by atoms with Crippen molar-refractivity contribution in [2.45, 2.75) is 6.92 Å². The number of thiocarbonyl (C=S) groups is 1. The number of carboxylic acid groups (broad SMARTS) is 2. The number of carbonyl (C=O) groups is 3. The Balaban J connectivity index is 2.04. The summed E-state index contributed by atoms with van der Waals surface area (Å²) in [7, 11) is 0. The smallest absolute Gasteiger partial charge is 0.335 e. The van der Waals surface area contributed by atoms with Gasteiger partial charge in [0, 0.05) is 0 Å². The van der Waals surface area contributed by atoms with E-state index in [-0.39, 0.29) is 21.1 Å². The highest BCUT2D eigenvalue weighted by Gasteiger charge is 2.34. The molecular formula is C19H13NO5S2. The van der Waals surface area contributed by atoms with E-state index < -0.39 is 17.8 Å². The molecule has 6 nitrogen and oxygen atoms in total. The molecule has 136 valence electrons. The number of rotatable bonds is 4. The van der Waals surface area contributed by atoms with Crippen molar-refractivity contribution in [3.8, 4) is 0 Å². The van der Waals surface area contributed by atoms with Crippen LogP contribution in [-0.2, 0) is 4.79 Å². The molecule has 1 amide bonds. The molecule has 3 rings (SSSR count). The average Bonchev–Trinajstić information content (AvgIpc) is 2.90. The number of thioether (sulfide) groups is 1.